The Labute approximate surface area is 239 Å². The molecule has 0 unspecified atom stereocenters. The highest BCUT2D eigenvalue weighted by atomic mass is 16.5. The summed E-state index contributed by atoms with van der Waals surface area (Å²) in [6, 6.07) is 14.0. The lowest BCUT2D eigenvalue weighted by Crippen LogP contribution is -2.52. The number of carbonyl (C=O) groups excluding carboxylic acids is 3. The van der Waals surface area contributed by atoms with Crippen LogP contribution in [0.1, 0.15) is 37.3 Å². The molecule has 1 aromatic heterocycles. The molecule has 3 amide bonds. The van der Waals surface area contributed by atoms with Gasteiger partial charge in [0.1, 0.15) is 17.5 Å². The highest BCUT2D eigenvalue weighted by molar-refractivity contribution is 5.95. The number of aromatic nitrogens is 1. The molecule has 41 heavy (non-hydrogen) atoms. The van der Waals surface area contributed by atoms with Crippen molar-refractivity contribution in [1.29, 1.82) is 0 Å². The first kappa shape index (κ1) is 29.4. The van der Waals surface area contributed by atoms with Crippen LogP contribution in [-0.2, 0) is 20.9 Å². The van der Waals surface area contributed by atoms with Crippen LogP contribution in [0.15, 0.2) is 59.0 Å². The van der Waals surface area contributed by atoms with E-state index in [0.717, 1.165) is 5.56 Å². The lowest BCUT2D eigenvalue weighted by Gasteiger charge is -2.25. The number of benzene rings is 2. The van der Waals surface area contributed by atoms with E-state index in [1.54, 1.807) is 32.2 Å². The second-order valence-corrected chi connectivity index (χ2v) is 10.1. The molecule has 2 N–H and O–H groups in total. The van der Waals surface area contributed by atoms with Gasteiger partial charge in [0, 0.05) is 18.2 Å². The fourth-order valence-corrected chi connectivity index (χ4v) is 4.39. The van der Waals surface area contributed by atoms with Crippen molar-refractivity contribution in [2.45, 2.75) is 39.8 Å². The number of ether oxygens (including phenoxy) is 2. The summed E-state index contributed by atoms with van der Waals surface area (Å²) >= 11 is 0. The maximum absolute atomic E-state index is 13.2. The quantitative estimate of drug-likeness (QED) is 0.466. The van der Waals surface area contributed by atoms with Crippen LogP contribution in [0.5, 0.6) is 11.5 Å². The van der Waals surface area contributed by atoms with Gasteiger partial charge in [0.15, 0.2) is 11.5 Å². The summed E-state index contributed by atoms with van der Waals surface area (Å²) in [6.07, 6.45) is 3.60. The maximum Gasteiger partial charge on any atom is 0.247 e. The number of fused-ring (bicyclic) bond motifs is 5. The van der Waals surface area contributed by atoms with E-state index in [4.69, 9.17) is 13.9 Å². The standard InChI is InChI=1S/C31H36N4O6/c1-20(2)29-30(38)32-18-24-21(3)41-31(33-24)23-12-13-25(39-4)26(17-23)40-16-8-15-35(19-27(36)34-29)28(37)14-11-22-9-6-5-7-10-22/h5-7,9-14,17,20,29H,8,15-16,18-19H2,1-4H3,(H,32,38)(H,34,36)/b14-11+/t29-/m0/s1. The number of carbonyl (C=O) groups is 3. The van der Waals surface area contributed by atoms with Crippen molar-refractivity contribution in [2.24, 2.45) is 5.92 Å². The Morgan fingerprint density at radius 1 is 1.17 bits per heavy atom. The third-order valence-electron chi connectivity index (χ3n) is 6.69. The van der Waals surface area contributed by atoms with Gasteiger partial charge in [-0.15, -0.1) is 0 Å². The summed E-state index contributed by atoms with van der Waals surface area (Å²) in [4.78, 5) is 45.4. The fourth-order valence-electron chi connectivity index (χ4n) is 4.39. The number of aryl methyl sites for hydroxylation is 1. The molecule has 2 aromatic carbocycles. The maximum atomic E-state index is 13.2. The van der Waals surface area contributed by atoms with E-state index in [2.05, 4.69) is 15.6 Å². The molecule has 1 aliphatic rings. The SMILES string of the molecule is COc1ccc2cc1OCCCN(C(=O)/C=C/c1ccccc1)CC(=O)N[C@@H](C(C)C)C(=O)NCc1nc-2oc1C. The fraction of sp³-hybridized carbons (Fsp3) is 0.355. The van der Waals surface area contributed by atoms with Gasteiger partial charge in [0.2, 0.25) is 23.6 Å². The summed E-state index contributed by atoms with van der Waals surface area (Å²) in [5.41, 5.74) is 2.13. The Bertz CT molecular complexity index is 1400. The van der Waals surface area contributed by atoms with Gasteiger partial charge in [-0.1, -0.05) is 44.2 Å². The van der Waals surface area contributed by atoms with E-state index in [1.165, 1.54) is 11.0 Å². The zero-order valence-electron chi connectivity index (χ0n) is 23.8. The lowest BCUT2D eigenvalue weighted by molar-refractivity contribution is -0.134. The molecule has 4 rings (SSSR count). The zero-order chi connectivity index (χ0) is 29.4. The topological polar surface area (TPSA) is 123 Å². The lowest BCUT2D eigenvalue weighted by atomic mass is 10.0. The summed E-state index contributed by atoms with van der Waals surface area (Å²) in [7, 11) is 1.55. The van der Waals surface area contributed by atoms with Crippen LogP contribution in [0.2, 0.25) is 0 Å². The van der Waals surface area contributed by atoms with Gasteiger partial charge in [-0.25, -0.2) is 4.98 Å². The molecule has 216 valence electrons. The molecule has 0 saturated carbocycles. The molecule has 0 spiro atoms. The van der Waals surface area contributed by atoms with Crippen molar-refractivity contribution in [3.8, 4) is 23.0 Å². The highest BCUT2D eigenvalue weighted by Gasteiger charge is 2.26. The number of amides is 3. The number of oxazole rings is 1. The van der Waals surface area contributed by atoms with Crippen LogP contribution in [0.25, 0.3) is 17.5 Å². The van der Waals surface area contributed by atoms with E-state index >= 15 is 0 Å². The molecule has 10 nitrogen and oxygen atoms in total. The Morgan fingerprint density at radius 2 is 1.95 bits per heavy atom. The number of hydrogen-bond donors (Lipinski definition) is 2. The third-order valence-corrected chi connectivity index (χ3v) is 6.69. The predicted molar refractivity (Wildman–Crippen MR) is 154 cm³/mol. The monoisotopic (exact) mass is 560 g/mol. The van der Waals surface area contributed by atoms with Gasteiger partial charge in [-0.2, -0.15) is 0 Å². The van der Waals surface area contributed by atoms with Crippen molar-refractivity contribution in [3.05, 3.63) is 71.6 Å². The summed E-state index contributed by atoms with van der Waals surface area (Å²) in [5, 5.41) is 5.66. The minimum atomic E-state index is -0.794. The van der Waals surface area contributed by atoms with Crippen LogP contribution in [-0.4, -0.2) is 60.5 Å². The molecular weight excluding hydrogens is 524 g/mol. The second kappa shape index (κ2) is 13.6. The first-order chi connectivity index (χ1) is 19.7. The van der Waals surface area contributed by atoms with E-state index in [9.17, 15) is 14.4 Å². The molecule has 0 fully saturated rings. The van der Waals surface area contributed by atoms with E-state index < -0.39 is 11.9 Å². The minimum Gasteiger partial charge on any atom is -0.493 e. The van der Waals surface area contributed by atoms with Crippen LogP contribution < -0.4 is 20.1 Å². The molecule has 1 aliphatic heterocycles. The predicted octanol–water partition coefficient (Wildman–Crippen LogP) is 3.74. The molecule has 0 radical (unpaired) electrons. The van der Waals surface area contributed by atoms with Crippen molar-refractivity contribution in [2.75, 3.05) is 26.8 Å². The van der Waals surface area contributed by atoms with Crippen molar-refractivity contribution < 1.29 is 28.3 Å². The first-order valence-electron chi connectivity index (χ1n) is 13.6. The van der Waals surface area contributed by atoms with Crippen LogP contribution in [0.3, 0.4) is 0 Å². The van der Waals surface area contributed by atoms with Crippen LogP contribution >= 0.6 is 0 Å². The molecule has 3 aromatic rings. The largest absolute Gasteiger partial charge is 0.493 e. The normalized spacial score (nSPS) is 16.9. The van der Waals surface area contributed by atoms with Gasteiger partial charge >= 0.3 is 0 Å². The number of nitrogens with one attached hydrogen (secondary N) is 2. The molecular formula is C31H36N4O6. The number of rotatable bonds is 4. The second-order valence-electron chi connectivity index (χ2n) is 10.1. The number of nitrogens with zero attached hydrogens (tertiary/aromatic N) is 2. The average molecular weight is 561 g/mol. The van der Waals surface area contributed by atoms with Crippen LogP contribution in [0.4, 0.5) is 0 Å². The van der Waals surface area contributed by atoms with Gasteiger partial charge in [-0.3, -0.25) is 14.4 Å². The zero-order valence-corrected chi connectivity index (χ0v) is 23.8. The molecule has 10 heteroatoms. The van der Waals surface area contributed by atoms with Gasteiger partial charge in [0.05, 0.1) is 26.8 Å². The first-order valence-corrected chi connectivity index (χ1v) is 13.6. The Balaban J connectivity index is 1.61. The van der Waals surface area contributed by atoms with Gasteiger partial charge < -0.3 is 29.4 Å². The highest BCUT2D eigenvalue weighted by Crippen LogP contribution is 2.33. The van der Waals surface area contributed by atoms with Gasteiger partial charge in [-0.05, 0) is 49.1 Å². The Kier molecular flexibility index (Phi) is 9.78. The molecule has 4 bridgehead atoms. The smallest absolute Gasteiger partial charge is 0.247 e. The molecule has 2 heterocycles. The van der Waals surface area contributed by atoms with E-state index in [-0.39, 0.29) is 44.0 Å². The minimum absolute atomic E-state index is 0.127. The van der Waals surface area contributed by atoms with E-state index in [1.807, 2.05) is 50.2 Å². The molecule has 1 atom stereocenters. The Morgan fingerprint density at radius 3 is 2.68 bits per heavy atom. The van der Waals surface area contributed by atoms with E-state index in [0.29, 0.717) is 40.8 Å². The number of methoxy groups -OCH3 is 1. The van der Waals surface area contributed by atoms with Crippen molar-refractivity contribution in [1.82, 2.24) is 20.5 Å². The van der Waals surface area contributed by atoms with Gasteiger partial charge in [0.25, 0.3) is 0 Å². The third kappa shape index (κ3) is 7.75. The summed E-state index contributed by atoms with van der Waals surface area (Å²) in [6.45, 7) is 5.91. The van der Waals surface area contributed by atoms with Crippen LogP contribution in [0, 0.1) is 12.8 Å². The average Bonchev–Trinajstić information content (AvgIpc) is 3.34. The molecule has 0 aliphatic carbocycles. The van der Waals surface area contributed by atoms with Crippen molar-refractivity contribution >= 4 is 23.8 Å². The Hall–Kier alpha value is -4.60. The number of hydrogen-bond acceptors (Lipinski definition) is 7. The summed E-state index contributed by atoms with van der Waals surface area (Å²) in [5.74, 6) is 0.699. The van der Waals surface area contributed by atoms with Crippen molar-refractivity contribution in [3.63, 3.8) is 0 Å². The summed E-state index contributed by atoms with van der Waals surface area (Å²) < 4.78 is 17.4. The molecule has 0 saturated heterocycles.